The van der Waals surface area contributed by atoms with E-state index in [9.17, 15) is 13.2 Å². The largest absolute Gasteiger partial charge is 0.490 e. The fourth-order valence-corrected chi connectivity index (χ4v) is 3.97. The molecule has 0 aromatic carbocycles. The fraction of sp³-hybridized carbons (Fsp3) is 0.526. The molecule has 0 spiro atoms. The number of hydrogen-bond donors (Lipinski definition) is 1. The molecule has 0 saturated heterocycles. The van der Waals surface area contributed by atoms with E-state index in [1.165, 1.54) is 6.20 Å². The van der Waals surface area contributed by atoms with Gasteiger partial charge < -0.3 is 9.30 Å². The molecular formula is C19H26N4O4S. The summed E-state index contributed by atoms with van der Waals surface area (Å²) in [7, 11) is -1.81. The lowest BCUT2D eigenvalue weighted by molar-refractivity contribution is 0.316. The third kappa shape index (κ3) is 4.19. The molecule has 0 atom stereocenters. The summed E-state index contributed by atoms with van der Waals surface area (Å²) in [6.07, 6.45) is 6.50. The van der Waals surface area contributed by atoms with Crippen molar-refractivity contribution < 1.29 is 13.2 Å². The molecule has 1 aliphatic rings. The highest BCUT2D eigenvalue weighted by molar-refractivity contribution is 7.91. The van der Waals surface area contributed by atoms with Crippen LogP contribution in [0.4, 0.5) is 5.95 Å². The van der Waals surface area contributed by atoms with Gasteiger partial charge in [0.2, 0.25) is 16.0 Å². The molecule has 1 aliphatic carbocycles. The zero-order chi connectivity index (χ0) is 20.7. The molecule has 28 heavy (non-hydrogen) atoms. The van der Waals surface area contributed by atoms with Crippen molar-refractivity contribution >= 4 is 16.0 Å². The fourth-order valence-electron chi connectivity index (χ4n) is 3.54. The molecular weight excluding hydrogens is 380 g/mol. The summed E-state index contributed by atoms with van der Waals surface area (Å²) in [5, 5.41) is 0. The average molecular weight is 407 g/mol. The van der Waals surface area contributed by atoms with Crippen LogP contribution in [0.15, 0.2) is 17.2 Å². The summed E-state index contributed by atoms with van der Waals surface area (Å²) >= 11 is 0. The van der Waals surface area contributed by atoms with Crippen LogP contribution in [0.5, 0.6) is 5.75 Å². The molecule has 0 saturated carbocycles. The topological polar surface area (TPSA) is 103 Å². The summed E-state index contributed by atoms with van der Waals surface area (Å²) in [6, 6.07) is 0. The van der Waals surface area contributed by atoms with Gasteiger partial charge in [0.15, 0.2) is 5.75 Å². The number of rotatable bonds is 6. The molecule has 0 aliphatic heterocycles. The Balaban J connectivity index is 2.22. The second-order valence-corrected chi connectivity index (χ2v) is 9.81. The number of fused-ring (bicyclic) bond motifs is 1. The van der Waals surface area contributed by atoms with E-state index in [-0.39, 0.29) is 16.9 Å². The first kappa shape index (κ1) is 20.3. The highest BCUT2D eigenvalue weighted by Crippen LogP contribution is 2.41. The normalized spacial score (nSPS) is 15.3. The van der Waals surface area contributed by atoms with Crippen LogP contribution in [-0.4, -0.2) is 35.8 Å². The van der Waals surface area contributed by atoms with Crippen LogP contribution in [0.1, 0.15) is 38.3 Å². The number of aromatic nitrogens is 3. The molecule has 0 bridgehead atoms. The van der Waals surface area contributed by atoms with Crippen LogP contribution in [0.2, 0.25) is 0 Å². The summed E-state index contributed by atoms with van der Waals surface area (Å²) in [5.41, 5.74) is 2.94. The van der Waals surface area contributed by atoms with Crippen molar-refractivity contribution in [3.05, 3.63) is 33.9 Å². The molecule has 8 nitrogen and oxygen atoms in total. The molecule has 9 heteroatoms. The van der Waals surface area contributed by atoms with Gasteiger partial charge in [0, 0.05) is 24.4 Å². The second kappa shape index (κ2) is 7.20. The Kier molecular flexibility index (Phi) is 5.22. The highest BCUT2D eigenvalue weighted by Gasteiger charge is 2.34. The van der Waals surface area contributed by atoms with E-state index in [0.717, 1.165) is 35.8 Å². The van der Waals surface area contributed by atoms with Gasteiger partial charge >= 0.3 is 0 Å². The Labute approximate surface area is 165 Å². The van der Waals surface area contributed by atoms with Crippen LogP contribution in [-0.2, 0) is 29.9 Å². The molecule has 0 unspecified atom stereocenters. The first-order chi connectivity index (χ1) is 13.0. The summed E-state index contributed by atoms with van der Waals surface area (Å²) in [5.74, 6) is 0.438. The second-order valence-electron chi connectivity index (χ2n) is 8.06. The molecule has 0 radical (unpaired) electrons. The lowest BCUT2D eigenvalue weighted by Crippen LogP contribution is -2.22. The van der Waals surface area contributed by atoms with Gasteiger partial charge in [-0.05, 0) is 30.2 Å². The zero-order valence-electron chi connectivity index (χ0n) is 16.9. The number of aryl methyl sites for hydroxylation is 1. The van der Waals surface area contributed by atoms with Crippen molar-refractivity contribution in [1.29, 1.82) is 0 Å². The predicted molar refractivity (Wildman–Crippen MR) is 108 cm³/mol. The molecule has 3 rings (SSSR count). The van der Waals surface area contributed by atoms with Crippen LogP contribution in [0.3, 0.4) is 0 Å². The van der Waals surface area contributed by atoms with Gasteiger partial charge in [-0.3, -0.25) is 9.52 Å². The first-order valence-corrected chi connectivity index (χ1v) is 11.1. The van der Waals surface area contributed by atoms with Crippen LogP contribution < -0.4 is 15.0 Å². The number of nitrogens with one attached hydrogen (secondary N) is 1. The predicted octanol–water partition coefficient (Wildman–Crippen LogP) is 2.13. The van der Waals surface area contributed by atoms with E-state index in [0.29, 0.717) is 24.5 Å². The van der Waals surface area contributed by atoms with Crippen molar-refractivity contribution in [2.75, 3.05) is 17.6 Å². The molecule has 0 fully saturated rings. The quantitative estimate of drug-likeness (QED) is 0.788. The van der Waals surface area contributed by atoms with Gasteiger partial charge in [0.05, 0.1) is 19.1 Å². The SMILES string of the molecule is CCCOc1cnc(NS(C)(=O)=O)nc1-c1cn(C)c(=O)c2c1CC(C)(C)C2. The molecule has 2 heterocycles. The number of pyridine rings is 1. The minimum absolute atomic E-state index is 0.0103. The molecule has 2 aromatic heterocycles. The number of anilines is 1. The molecule has 0 amide bonds. The molecule has 1 N–H and O–H groups in total. The van der Waals surface area contributed by atoms with Gasteiger partial charge in [-0.2, -0.15) is 0 Å². The maximum Gasteiger partial charge on any atom is 0.253 e. The van der Waals surface area contributed by atoms with E-state index < -0.39 is 10.0 Å². The zero-order valence-corrected chi connectivity index (χ0v) is 17.7. The lowest BCUT2D eigenvalue weighted by atomic mass is 9.90. The number of hydrogen-bond acceptors (Lipinski definition) is 6. The minimum Gasteiger partial charge on any atom is -0.490 e. The highest BCUT2D eigenvalue weighted by atomic mass is 32.2. The Morgan fingerprint density at radius 2 is 1.96 bits per heavy atom. The lowest BCUT2D eigenvalue weighted by Gasteiger charge is -2.17. The third-order valence-corrected chi connectivity index (χ3v) is 5.20. The summed E-state index contributed by atoms with van der Waals surface area (Å²) in [6.45, 7) is 6.73. The maximum absolute atomic E-state index is 12.7. The Bertz CT molecular complexity index is 1070. The van der Waals surface area contributed by atoms with Gasteiger partial charge in [0.1, 0.15) is 5.69 Å². The third-order valence-electron chi connectivity index (χ3n) is 4.65. The van der Waals surface area contributed by atoms with Gasteiger partial charge in [0.25, 0.3) is 5.56 Å². The maximum atomic E-state index is 12.7. The Hall–Kier alpha value is -2.42. The Morgan fingerprint density at radius 1 is 1.29 bits per heavy atom. The number of nitrogens with zero attached hydrogens (tertiary/aromatic N) is 3. The van der Waals surface area contributed by atoms with Gasteiger partial charge in [-0.15, -0.1) is 0 Å². The van der Waals surface area contributed by atoms with E-state index in [4.69, 9.17) is 4.74 Å². The number of ether oxygens (including phenoxy) is 1. The van der Waals surface area contributed by atoms with Gasteiger partial charge in [-0.1, -0.05) is 20.8 Å². The monoisotopic (exact) mass is 406 g/mol. The smallest absolute Gasteiger partial charge is 0.253 e. The van der Waals surface area contributed by atoms with E-state index >= 15 is 0 Å². The van der Waals surface area contributed by atoms with Crippen molar-refractivity contribution in [1.82, 2.24) is 14.5 Å². The van der Waals surface area contributed by atoms with Crippen molar-refractivity contribution in [2.24, 2.45) is 12.5 Å². The molecule has 2 aromatic rings. The molecule has 152 valence electrons. The summed E-state index contributed by atoms with van der Waals surface area (Å²) in [4.78, 5) is 21.2. The average Bonchev–Trinajstić information content (AvgIpc) is 2.91. The van der Waals surface area contributed by atoms with Crippen molar-refractivity contribution in [3.63, 3.8) is 0 Å². The van der Waals surface area contributed by atoms with E-state index in [2.05, 4.69) is 28.5 Å². The van der Waals surface area contributed by atoms with Gasteiger partial charge in [-0.25, -0.2) is 18.4 Å². The van der Waals surface area contributed by atoms with Crippen molar-refractivity contribution in [2.45, 2.75) is 40.0 Å². The van der Waals surface area contributed by atoms with Crippen molar-refractivity contribution in [3.8, 4) is 17.0 Å². The first-order valence-electron chi connectivity index (χ1n) is 9.20. The summed E-state index contributed by atoms with van der Waals surface area (Å²) < 4.78 is 32.9. The Morgan fingerprint density at radius 3 is 2.61 bits per heavy atom. The van der Waals surface area contributed by atoms with E-state index in [1.54, 1.807) is 17.8 Å². The minimum atomic E-state index is -3.52. The van der Waals surface area contributed by atoms with Crippen LogP contribution >= 0.6 is 0 Å². The van der Waals surface area contributed by atoms with E-state index in [1.807, 2.05) is 6.92 Å². The van der Waals surface area contributed by atoms with Crippen LogP contribution in [0.25, 0.3) is 11.3 Å². The van der Waals surface area contributed by atoms with Crippen LogP contribution in [0, 0.1) is 5.41 Å². The number of sulfonamides is 1. The standard InChI is InChI=1S/C19H26N4O4S/c1-6-7-27-15-10-20-18(22-28(5,25)26)21-16(15)14-11-23(4)17(24)13-9-19(2,3)8-12(13)14/h10-11H,6-9H2,1-5H3,(H,20,21,22).